The van der Waals surface area contributed by atoms with E-state index in [1.54, 1.807) is 18.2 Å². The van der Waals surface area contributed by atoms with Gasteiger partial charge in [-0.3, -0.25) is 4.79 Å². The van der Waals surface area contributed by atoms with Gasteiger partial charge in [0.15, 0.2) is 0 Å². The number of nitrogens with two attached hydrogens (primary N) is 1. The molecule has 1 atom stereocenters. The zero-order chi connectivity index (χ0) is 14.1. The topological polar surface area (TPSA) is 78.7 Å². The fraction of sp³-hybridized carbons (Fsp3) is 0.429. The van der Waals surface area contributed by atoms with Gasteiger partial charge in [0.2, 0.25) is 5.91 Å². The third-order valence-corrected chi connectivity index (χ3v) is 3.88. The fourth-order valence-corrected chi connectivity index (χ4v) is 2.87. The molecule has 0 bridgehead atoms. The van der Waals surface area contributed by atoms with Gasteiger partial charge >= 0.3 is 6.03 Å². The maximum absolute atomic E-state index is 12.3. The average molecular weight is 274 g/mol. The Balaban J connectivity index is 1.73. The number of hydrogen-bond acceptors (Lipinski definition) is 3. The van der Waals surface area contributed by atoms with Crippen molar-refractivity contribution in [2.75, 3.05) is 26.2 Å². The lowest BCUT2D eigenvalue weighted by molar-refractivity contribution is 0.1000. The number of hydrogen-bond donors (Lipinski definition) is 2. The normalized spacial score (nSPS) is 22.0. The van der Waals surface area contributed by atoms with Gasteiger partial charge in [0.1, 0.15) is 0 Å². The Morgan fingerprint density at radius 2 is 2.30 bits per heavy atom. The number of benzene rings is 1. The van der Waals surface area contributed by atoms with Crippen molar-refractivity contribution in [2.45, 2.75) is 12.6 Å². The number of carbonyl (C=O) groups is 2. The van der Waals surface area contributed by atoms with E-state index in [9.17, 15) is 9.59 Å². The maximum atomic E-state index is 12.3. The number of piperazine rings is 1. The Kier molecular flexibility index (Phi) is 3.31. The zero-order valence-corrected chi connectivity index (χ0v) is 11.2. The lowest BCUT2D eigenvalue weighted by atomic mass is 10.1. The zero-order valence-electron chi connectivity index (χ0n) is 11.2. The number of fused-ring (bicyclic) bond motifs is 1. The van der Waals surface area contributed by atoms with Crippen molar-refractivity contribution >= 4 is 11.9 Å². The van der Waals surface area contributed by atoms with Crippen LogP contribution in [0.5, 0.6) is 0 Å². The van der Waals surface area contributed by atoms with Crippen molar-refractivity contribution in [1.82, 2.24) is 15.1 Å². The van der Waals surface area contributed by atoms with E-state index in [1.165, 1.54) is 0 Å². The number of urea groups is 1. The molecule has 6 nitrogen and oxygen atoms in total. The molecule has 2 saturated heterocycles. The third kappa shape index (κ3) is 2.34. The summed E-state index contributed by atoms with van der Waals surface area (Å²) in [5.74, 6) is -0.443. The molecule has 2 fully saturated rings. The molecule has 106 valence electrons. The van der Waals surface area contributed by atoms with Crippen LogP contribution in [0, 0.1) is 0 Å². The lowest BCUT2D eigenvalue weighted by Gasteiger charge is -2.28. The predicted octanol–water partition coefficient (Wildman–Crippen LogP) is -0.00510. The summed E-state index contributed by atoms with van der Waals surface area (Å²) < 4.78 is 0. The van der Waals surface area contributed by atoms with Crippen molar-refractivity contribution in [3.63, 3.8) is 0 Å². The van der Waals surface area contributed by atoms with Crippen LogP contribution in [-0.2, 0) is 6.54 Å². The Morgan fingerprint density at radius 1 is 1.45 bits per heavy atom. The molecule has 1 aromatic rings. The molecular weight excluding hydrogens is 256 g/mol. The summed E-state index contributed by atoms with van der Waals surface area (Å²) in [6, 6.07) is 7.49. The van der Waals surface area contributed by atoms with Crippen LogP contribution in [0.15, 0.2) is 24.3 Å². The van der Waals surface area contributed by atoms with E-state index in [0.717, 1.165) is 31.7 Å². The molecule has 6 heteroatoms. The second kappa shape index (κ2) is 5.13. The molecular formula is C14H18N4O2. The van der Waals surface area contributed by atoms with Gasteiger partial charge in [-0.15, -0.1) is 0 Å². The quantitative estimate of drug-likeness (QED) is 0.814. The largest absolute Gasteiger partial charge is 0.366 e. The van der Waals surface area contributed by atoms with E-state index < -0.39 is 5.91 Å². The molecule has 3 rings (SSSR count). The summed E-state index contributed by atoms with van der Waals surface area (Å²) in [4.78, 5) is 27.2. The second-order valence-electron chi connectivity index (χ2n) is 5.28. The molecule has 20 heavy (non-hydrogen) atoms. The molecule has 0 aromatic heterocycles. The number of nitrogens with one attached hydrogen (secondary N) is 1. The highest BCUT2D eigenvalue weighted by Crippen LogP contribution is 2.20. The van der Waals surface area contributed by atoms with Crippen molar-refractivity contribution in [2.24, 2.45) is 5.73 Å². The molecule has 3 N–H and O–H groups in total. The van der Waals surface area contributed by atoms with Crippen LogP contribution in [0.2, 0.25) is 0 Å². The first-order valence-electron chi connectivity index (χ1n) is 6.80. The van der Waals surface area contributed by atoms with Crippen molar-refractivity contribution in [3.05, 3.63) is 35.4 Å². The molecule has 2 heterocycles. The number of carbonyl (C=O) groups excluding carboxylic acids is 2. The minimum Gasteiger partial charge on any atom is -0.366 e. The van der Waals surface area contributed by atoms with Gasteiger partial charge < -0.3 is 20.9 Å². The Labute approximate surface area is 117 Å². The van der Waals surface area contributed by atoms with Gasteiger partial charge in [-0.25, -0.2) is 4.79 Å². The fourth-order valence-electron chi connectivity index (χ4n) is 2.87. The summed E-state index contributed by atoms with van der Waals surface area (Å²) in [5, 5.41) is 3.30. The highest BCUT2D eigenvalue weighted by atomic mass is 16.2. The number of primary amides is 1. The van der Waals surface area contributed by atoms with Gasteiger partial charge in [-0.05, 0) is 17.7 Å². The first-order valence-corrected chi connectivity index (χ1v) is 6.80. The van der Waals surface area contributed by atoms with Crippen molar-refractivity contribution in [3.8, 4) is 0 Å². The van der Waals surface area contributed by atoms with E-state index in [4.69, 9.17) is 5.73 Å². The Hall–Kier alpha value is -2.08. The molecule has 0 spiro atoms. The van der Waals surface area contributed by atoms with Crippen LogP contribution in [0.3, 0.4) is 0 Å². The summed E-state index contributed by atoms with van der Waals surface area (Å²) in [5.41, 5.74) is 6.69. The van der Waals surface area contributed by atoms with Gasteiger partial charge in [-0.2, -0.15) is 0 Å². The van der Waals surface area contributed by atoms with Crippen LogP contribution in [0.4, 0.5) is 4.79 Å². The van der Waals surface area contributed by atoms with Gasteiger partial charge in [0, 0.05) is 38.3 Å². The SMILES string of the molecule is NC(=O)c1cccc(CN2CC3CNCCN3C2=O)c1. The average Bonchev–Trinajstić information content (AvgIpc) is 2.76. The van der Waals surface area contributed by atoms with Crippen LogP contribution >= 0.6 is 0 Å². The van der Waals surface area contributed by atoms with Crippen LogP contribution in [0.25, 0.3) is 0 Å². The van der Waals surface area contributed by atoms with Crippen LogP contribution in [-0.4, -0.2) is 54.0 Å². The summed E-state index contributed by atoms with van der Waals surface area (Å²) in [6.07, 6.45) is 0. The van der Waals surface area contributed by atoms with Crippen molar-refractivity contribution < 1.29 is 9.59 Å². The smallest absolute Gasteiger partial charge is 0.320 e. The molecule has 0 radical (unpaired) electrons. The highest BCUT2D eigenvalue weighted by Gasteiger charge is 2.38. The molecule has 1 unspecified atom stereocenters. The lowest BCUT2D eigenvalue weighted by Crippen LogP contribution is -2.49. The number of nitrogens with zero attached hydrogens (tertiary/aromatic N) is 2. The summed E-state index contributed by atoms with van der Waals surface area (Å²) in [7, 11) is 0. The molecule has 0 aliphatic carbocycles. The summed E-state index contributed by atoms with van der Waals surface area (Å²) in [6.45, 7) is 3.72. The predicted molar refractivity (Wildman–Crippen MR) is 74.1 cm³/mol. The number of amides is 3. The van der Waals surface area contributed by atoms with Gasteiger partial charge in [-0.1, -0.05) is 12.1 Å². The van der Waals surface area contributed by atoms with E-state index in [1.807, 2.05) is 15.9 Å². The summed E-state index contributed by atoms with van der Waals surface area (Å²) >= 11 is 0. The maximum Gasteiger partial charge on any atom is 0.320 e. The molecule has 2 aliphatic heterocycles. The van der Waals surface area contributed by atoms with Crippen molar-refractivity contribution in [1.29, 1.82) is 0 Å². The minimum atomic E-state index is -0.443. The first-order chi connectivity index (χ1) is 9.65. The first kappa shape index (κ1) is 12.9. The van der Waals surface area contributed by atoms with Crippen LogP contribution in [0.1, 0.15) is 15.9 Å². The van der Waals surface area contributed by atoms with Crippen LogP contribution < -0.4 is 11.1 Å². The Morgan fingerprint density at radius 3 is 3.05 bits per heavy atom. The Bertz CT molecular complexity index is 546. The molecule has 0 saturated carbocycles. The van der Waals surface area contributed by atoms with E-state index in [-0.39, 0.29) is 12.1 Å². The van der Waals surface area contributed by atoms with E-state index >= 15 is 0 Å². The molecule has 2 aliphatic rings. The van der Waals surface area contributed by atoms with E-state index in [2.05, 4.69) is 5.32 Å². The van der Waals surface area contributed by atoms with E-state index in [0.29, 0.717) is 12.1 Å². The third-order valence-electron chi connectivity index (χ3n) is 3.88. The molecule has 3 amide bonds. The highest BCUT2D eigenvalue weighted by molar-refractivity contribution is 5.92. The second-order valence-corrected chi connectivity index (χ2v) is 5.28. The minimum absolute atomic E-state index is 0.0842. The van der Waals surface area contributed by atoms with Gasteiger partial charge in [0.25, 0.3) is 0 Å². The standard InChI is InChI=1S/C14H18N4O2/c15-13(19)11-3-1-2-10(6-11)8-17-9-12-7-16-4-5-18(12)14(17)20/h1-3,6,12,16H,4-5,7-9H2,(H2,15,19). The monoisotopic (exact) mass is 274 g/mol. The van der Waals surface area contributed by atoms with Gasteiger partial charge in [0.05, 0.1) is 6.04 Å². The number of rotatable bonds is 3. The molecule has 1 aromatic carbocycles.